The van der Waals surface area contributed by atoms with Crippen LogP contribution in [0.4, 0.5) is 0 Å². The fraction of sp³-hybridized carbons (Fsp3) is 0.154. The van der Waals surface area contributed by atoms with E-state index in [4.69, 9.17) is 21.1 Å². The molecular weight excluding hydrogens is 254 g/mol. The number of hydrogen-bond acceptors (Lipinski definition) is 3. The van der Waals surface area contributed by atoms with Crippen LogP contribution in [0.1, 0.15) is 10.5 Å². The largest absolute Gasteiger partial charge is 0.490 e. The molecule has 0 aliphatic carbocycles. The summed E-state index contributed by atoms with van der Waals surface area (Å²) in [6.45, 7) is 0.495. The summed E-state index contributed by atoms with van der Waals surface area (Å²) < 4.78 is 10.4. The van der Waals surface area contributed by atoms with E-state index in [9.17, 15) is 4.79 Å². The Kier molecular flexibility index (Phi) is 4.25. The third-order valence-corrected chi connectivity index (χ3v) is 2.47. The van der Waals surface area contributed by atoms with Gasteiger partial charge in [-0.3, -0.25) is 0 Å². The molecule has 0 spiro atoms. The molecule has 0 radical (unpaired) electrons. The summed E-state index contributed by atoms with van der Waals surface area (Å²) in [4.78, 5) is 14.2. The van der Waals surface area contributed by atoms with Crippen LogP contribution in [0.25, 0.3) is 0 Å². The molecule has 1 aromatic carbocycles. The van der Waals surface area contributed by atoms with E-state index in [1.54, 1.807) is 42.6 Å². The first-order chi connectivity index (χ1) is 8.75. The predicted octanol–water partition coefficient (Wildman–Crippen LogP) is 2.90. The monoisotopic (exact) mass is 265 g/mol. The summed E-state index contributed by atoms with van der Waals surface area (Å²) in [5, 5.41) is 0.653. The quantitative estimate of drug-likeness (QED) is 0.668. The highest BCUT2D eigenvalue weighted by atomic mass is 35.5. The minimum atomic E-state index is -0.389. The van der Waals surface area contributed by atoms with Crippen molar-refractivity contribution in [2.45, 2.75) is 0 Å². The van der Waals surface area contributed by atoms with E-state index in [0.29, 0.717) is 23.1 Å². The van der Waals surface area contributed by atoms with Crippen molar-refractivity contribution in [1.82, 2.24) is 4.98 Å². The molecule has 2 rings (SSSR count). The lowest BCUT2D eigenvalue weighted by Gasteiger charge is -2.06. The molecule has 2 aromatic rings. The zero-order valence-electron chi connectivity index (χ0n) is 9.56. The van der Waals surface area contributed by atoms with Gasteiger partial charge in [0, 0.05) is 11.2 Å². The Morgan fingerprint density at radius 2 is 1.94 bits per heavy atom. The number of esters is 1. The molecule has 1 heterocycles. The van der Waals surface area contributed by atoms with Crippen LogP contribution in [0.3, 0.4) is 0 Å². The van der Waals surface area contributed by atoms with Crippen molar-refractivity contribution in [3.63, 3.8) is 0 Å². The summed E-state index contributed by atoms with van der Waals surface area (Å²) in [6.07, 6.45) is 1.67. The third-order valence-electron chi connectivity index (χ3n) is 2.22. The van der Waals surface area contributed by atoms with E-state index in [1.807, 2.05) is 0 Å². The van der Waals surface area contributed by atoms with Gasteiger partial charge in [-0.05, 0) is 36.4 Å². The molecule has 0 amide bonds. The van der Waals surface area contributed by atoms with E-state index >= 15 is 0 Å². The molecule has 18 heavy (non-hydrogen) atoms. The Morgan fingerprint density at radius 1 is 1.17 bits per heavy atom. The molecule has 5 heteroatoms. The van der Waals surface area contributed by atoms with Crippen molar-refractivity contribution in [1.29, 1.82) is 0 Å². The SMILES string of the molecule is O=C(OCCOc1ccc(Cl)cc1)c1ccc[nH]1. The molecule has 1 N–H and O–H groups in total. The lowest BCUT2D eigenvalue weighted by molar-refractivity contribution is 0.0444. The molecule has 0 fully saturated rings. The number of halogens is 1. The molecule has 0 saturated carbocycles. The second-order valence-corrected chi connectivity index (χ2v) is 3.96. The number of hydrogen-bond donors (Lipinski definition) is 1. The van der Waals surface area contributed by atoms with Gasteiger partial charge in [-0.1, -0.05) is 11.6 Å². The average Bonchev–Trinajstić information content (AvgIpc) is 2.90. The van der Waals surface area contributed by atoms with Gasteiger partial charge in [-0.15, -0.1) is 0 Å². The zero-order valence-corrected chi connectivity index (χ0v) is 10.3. The standard InChI is InChI=1S/C13H12ClNO3/c14-10-3-5-11(6-4-10)17-8-9-18-13(16)12-2-1-7-15-12/h1-7,15H,8-9H2. The fourth-order valence-corrected chi connectivity index (χ4v) is 1.49. The van der Waals surface area contributed by atoms with E-state index < -0.39 is 0 Å². The van der Waals surface area contributed by atoms with Crippen LogP contribution in [-0.4, -0.2) is 24.2 Å². The van der Waals surface area contributed by atoms with E-state index in [0.717, 1.165) is 0 Å². The van der Waals surface area contributed by atoms with Crippen LogP contribution in [0.5, 0.6) is 5.75 Å². The van der Waals surface area contributed by atoms with Crippen LogP contribution in [0.2, 0.25) is 5.02 Å². The van der Waals surface area contributed by atoms with Crippen LogP contribution in [0, 0.1) is 0 Å². The van der Waals surface area contributed by atoms with Crippen molar-refractivity contribution < 1.29 is 14.3 Å². The Morgan fingerprint density at radius 3 is 2.61 bits per heavy atom. The Bertz CT molecular complexity index is 493. The number of aromatic amines is 1. The highest BCUT2D eigenvalue weighted by Crippen LogP contribution is 2.15. The van der Waals surface area contributed by atoms with Gasteiger partial charge >= 0.3 is 5.97 Å². The van der Waals surface area contributed by atoms with Crippen LogP contribution in [0.15, 0.2) is 42.6 Å². The number of carbonyl (C=O) groups excluding carboxylic acids is 1. The maximum absolute atomic E-state index is 11.4. The van der Waals surface area contributed by atoms with Gasteiger partial charge in [0.1, 0.15) is 24.7 Å². The Labute approximate surface area is 109 Å². The summed E-state index contributed by atoms with van der Waals surface area (Å²) in [7, 11) is 0. The predicted molar refractivity (Wildman–Crippen MR) is 68.0 cm³/mol. The van der Waals surface area contributed by atoms with Gasteiger partial charge < -0.3 is 14.5 Å². The molecule has 0 unspecified atom stereocenters. The van der Waals surface area contributed by atoms with Crippen molar-refractivity contribution >= 4 is 17.6 Å². The molecule has 0 aliphatic rings. The van der Waals surface area contributed by atoms with Gasteiger partial charge in [-0.25, -0.2) is 4.79 Å². The fourth-order valence-electron chi connectivity index (χ4n) is 1.36. The first-order valence-corrected chi connectivity index (χ1v) is 5.82. The summed E-state index contributed by atoms with van der Waals surface area (Å²) in [5.74, 6) is 0.301. The molecule has 0 bridgehead atoms. The number of rotatable bonds is 5. The average molecular weight is 266 g/mol. The van der Waals surface area contributed by atoms with E-state index in [-0.39, 0.29) is 12.6 Å². The number of ether oxygens (including phenoxy) is 2. The zero-order chi connectivity index (χ0) is 12.8. The topological polar surface area (TPSA) is 51.3 Å². The third kappa shape index (κ3) is 3.53. The number of carbonyl (C=O) groups is 1. The minimum Gasteiger partial charge on any atom is -0.490 e. The van der Waals surface area contributed by atoms with Crippen molar-refractivity contribution in [2.24, 2.45) is 0 Å². The maximum Gasteiger partial charge on any atom is 0.354 e. The summed E-state index contributed by atoms with van der Waals surface area (Å²) >= 11 is 5.74. The molecular formula is C13H12ClNO3. The minimum absolute atomic E-state index is 0.195. The van der Waals surface area contributed by atoms with Gasteiger partial charge in [-0.2, -0.15) is 0 Å². The second-order valence-electron chi connectivity index (χ2n) is 3.52. The number of aromatic nitrogens is 1. The summed E-state index contributed by atoms with van der Waals surface area (Å²) in [6, 6.07) is 10.4. The normalized spacial score (nSPS) is 10.1. The van der Waals surface area contributed by atoms with Crippen molar-refractivity contribution in [2.75, 3.05) is 13.2 Å². The first kappa shape index (κ1) is 12.5. The molecule has 0 atom stereocenters. The van der Waals surface area contributed by atoms with E-state index in [2.05, 4.69) is 4.98 Å². The molecule has 0 aliphatic heterocycles. The first-order valence-electron chi connectivity index (χ1n) is 5.44. The Hall–Kier alpha value is -1.94. The van der Waals surface area contributed by atoms with Crippen LogP contribution < -0.4 is 4.74 Å². The number of nitrogens with one attached hydrogen (secondary N) is 1. The van der Waals surface area contributed by atoms with Gasteiger partial charge in [0.05, 0.1) is 0 Å². The molecule has 94 valence electrons. The second kappa shape index (κ2) is 6.12. The van der Waals surface area contributed by atoms with Crippen molar-refractivity contribution in [3.8, 4) is 5.75 Å². The van der Waals surface area contributed by atoms with Gasteiger partial charge in [0.25, 0.3) is 0 Å². The van der Waals surface area contributed by atoms with Crippen LogP contribution >= 0.6 is 11.6 Å². The highest BCUT2D eigenvalue weighted by Gasteiger charge is 2.06. The van der Waals surface area contributed by atoms with Crippen molar-refractivity contribution in [3.05, 3.63) is 53.3 Å². The number of benzene rings is 1. The maximum atomic E-state index is 11.4. The van der Waals surface area contributed by atoms with Gasteiger partial charge in [0.2, 0.25) is 0 Å². The van der Waals surface area contributed by atoms with E-state index in [1.165, 1.54) is 0 Å². The number of H-pyrrole nitrogens is 1. The molecule has 4 nitrogen and oxygen atoms in total. The molecule has 0 saturated heterocycles. The van der Waals surface area contributed by atoms with Gasteiger partial charge in [0.15, 0.2) is 0 Å². The smallest absolute Gasteiger partial charge is 0.354 e. The molecule has 1 aromatic heterocycles. The highest BCUT2D eigenvalue weighted by molar-refractivity contribution is 6.30. The Balaban J connectivity index is 1.70. The lowest BCUT2D eigenvalue weighted by atomic mass is 10.3. The van der Waals surface area contributed by atoms with Crippen LogP contribution in [-0.2, 0) is 4.74 Å². The lowest BCUT2D eigenvalue weighted by Crippen LogP contribution is -2.12. The summed E-state index contributed by atoms with van der Waals surface area (Å²) in [5.41, 5.74) is 0.432.